The lowest BCUT2D eigenvalue weighted by atomic mass is 9.94. The number of piperazine rings is 2. The third-order valence-corrected chi connectivity index (χ3v) is 12.9. The van der Waals surface area contributed by atoms with Crippen molar-refractivity contribution in [1.82, 2.24) is 29.6 Å². The van der Waals surface area contributed by atoms with Crippen molar-refractivity contribution in [2.24, 2.45) is 0 Å². The Kier molecular flexibility index (Phi) is 15.3. The van der Waals surface area contributed by atoms with Gasteiger partial charge in [0.2, 0.25) is 0 Å². The molecule has 2 saturated heterocycles. The third-order valence-electron chi connectivity index (χ3n) is 11.5. The second kappa shape index (κ2) is 20.4. The predicted molar refractivity (Wildman–Crippen MR) is 263 cm³/mol. The highest BCUT2D eigenvalue weighted by molar-refractivity contribution is 9.10. The topological polar surface area (TPSA) is 155 Å². The van der Waals surface area contributed by atoms with Crippen LogP contribution in [0.2, 0.25) is 0 Å². The number of hydrogen-bond donors (Lipinski definition) is 1. The van der Waals surface area contributed by atoms with Crippen molar-refractivity contribution in [3.63, 3.8) is 0 Å². The number of aliphatic hydroxyl groups is 1. The summed E-state index contributed by atoms with van der Waals surface area (Å²) in [7, 11) is -3.61. The zero-order valence-corrected chi connectivity index (χ0v) is 42.4. The number of pyridine rings is 2. The van der Waals surface area contributed by atoms with Gasteiger partial charge in [-0.05, 0) is 142 Å². The van der Waals surface area contributed by atoms with E-state index in [9.17, 15) is 23.1 Å². The van der Waals surface area contributed by atoms with Crippen LogP contribution in [-0.4, -0.2) is 138 Å². The number of nitrogens with zero attached hydrogens (tertiary/aromatic N) is 6. The lowest BCUT2D eigenvalue weighted by Crippen LogP contribution is -2.51. The lowest BCUT2D eigenvalue weighted by Gasteiger charge is -2.40. The van der Waals surface area contributed by atoms with E-state index in [1.54, 1.807) is 16.0 Å². The molecule has 8 rings (SSSR count). The van der Waals surface area contributed by atoms with E-state index in [-0.39, 0.29) is 37.5 Å². The Morgan fingerprint density at radius 2 is 1.06 bits per heavy atom. The molecule has 66 heavy (non-hydrogen) atoms. The number of carbonyl (C=O) groups excluding carboxylic acids is 2. The highest BCUT2D eigenvalue weighted by Gasteiger charge is 2.36. The Labute approximate surface area is 405 Å². The summed E-state index contributed by atoms with van der Waals surface area (Å²) >= 11 is 7.05. The summed E-state index contributed by atoms with van der Waals surface area (Å²) in [5.74, 6) is 0. The number of benzene rings is 2. The molecule has 4 aliphatic rings. The molecule has 4 heterocycles. The monoisotopic (exact) mass is 1050 g/mol. The minimum atomic E-state index is -3.61. The molecule has 0 radical (unpaired) electrons. The van der Waals surface area contributed by atoms with Gasteiger partial charge in [0.1, 0.15) is 11.2 Å². The predicted octanol–water partition coefficient (Wildman–Crippen LogP) is 8.65. The van der Waals surface area contributed by atoms with E-state index in [4.69, 9.17) is 23.6 Å². The maximum absolute atomic E-state index is 12.6. The van der Waals surface area contributed by atoms with Crippen LogP contribution in [0.1, 0.15) is 98.4 Å². The van der Waals surface area contributed by atoms with E-state index in [0.717, 1.165) is 71.1 Å². The van der Waals surface area contributed by atoms with Crippen LogP contribution in [0.3, 0.4) is 0 Å². The third kappa shape index (κ3) is 12.1. The molecule has 2 amide bonds. The summed E-state index contributed by atoms with van der Waals surface area (Å²) in [6.45, 7) is 16.1. The van der Waals surface area contributed by atoms with Crippen LogP contribution in [0.5, 0.6) is 0 Å². The van der Waals surface area contributed by atoms with Gasteiger partial charge in [0.25, 0.3) is 10.1 Å². The molecule has 2 aromatic heterocycles. The molecule has 2 aliphatic heterocycles. The number of aliphatic hydroxyl groups excluding tert-OH is 1. The number of carbonyl (C=O) groups is 2. The fraction of sp³-hybridized carbons (Fsp3) is 0.429. The first-order valence-electron chi connectivity index (χ1n) is 22.0. The highest BCUT2D eigenvalue weighted by atomic mass is 79.9. The van der Waals surface area contributed by atoms with E-state index in [1.165, 1.54) is 0 Å². The fourth-order valence-corrected chi connectivity index (χ4v) is 9.68. The zero-order valence-electron chi connectivity index (χ0n) is 38.5. The van der Waals surface area contributed by atoms with Crippen LogP contribution in [0.25, 0.3) is 23.3 Å². The second-order valence-corrected chi connectivity index (χ2v) is 22.2. The summed E-state index contributed by atoms with van der Waals surface area (Å²) < 4.78 is 41.5. The molecule has 2 aromatic carbocycles. The number of amides is 2. The number of ether oxygens (including phenoxy) is 2. The minimum Gasteiger partial charge on any atom is -0.444 e. The number of halogens is 2. The Hall–Kier alpha value is -4.49. The van der Waals surface area contributed by atoms with Crippen molar-refractivity contribution in [3.8, 4) is 0 Å². The molecule has 17 heteroatoms. The standard InChI is InChI=1S/C25H30BrN3O5S.C24H28BrN3O3/c1-25(2,3)34-24(30)29-11-9-28(10-12-29)23-21-8-6-5-7-20(21)18(16-33-35(4,31)32)13-17-14-19(26)15-27-22(17)23;1-24(2,3)31-23(30)28-10-8-27(9-11-28)22-20-7-5-4-6-19(20)17(15-29)12-16-13-18(25)14-26-21(16)22/h5-8,13-15,23H,9-12,16H2,1-4H3;4-7,12-14,22,29H,8-11,15H2,1-3H3. The second-order valence-electron chi connectivity index (χ2n) is 18.7. The van der Waals surface area contributed by atoms with E-state index < -0.39 is 21.3 Å². The summed E-state index contributed by atoms with van der Waals surface area (Å²) in [5, 5.41) is 10.1. The molecule has 2 aliphatic carbocycles. The Bertz CT molecular complexity index is 2610. The largest absolute Gasteiger partial charge is 0.444 e. The molecule has 4 aromatic rings. The van der Waals surface area contributed by atoms with Gasteiger partial charge in [-0.25, -0.2) is 9.59 Å². The summed E-state index contributed by atoms with van der Waals surface area (Å²) in [5.41, 5.74) is 8.44. The number of fused-ring (bicyclic) bond motifs is 4. The molecule has 2 atom stereocenters. The molecule has 0 bridgehead atoms. The van der Waals surface area contributed by atoms with Crippen LogP contribution >= 0.6 is 31.9 Å². The number of aromatic nitrogens is 2. The zero-order chi connectivity index (χ0) is 47.6. The summed E-state index contributed by atoms with van der Waals surface area (Å²) in [6.07, 6.45) is 8.06. The van der Waals surface area contributed by atoms with Gasteiger partial charge in [0.15, 0.2) is 0 Å². The van der Waals surface area contributed by atoms with Crippen molar-refractivity contribution in [3.05, 3.63) is 127 Å². The van der Waals surface area contributed by atoms with E-state index in [2.05, 4.69) is 53.8 Å². The van der Waals surface area contributed by atoms with Gasteiger partial charge >= 0.3 is 12.2 Å². The van der Waals surface area contributed by atoms with Gasteiger partial charge < -0.3 is 24.4 Å². The van der Waals surface area contributed by atoms with Crippen molar-refractivity contribution < 1.29 is 36.8 Å². The van der Waals surface area contributed by atoms with Gasteiger partial charge in [0.05, 0.1) is 42.9 Å². The van der Waals surface area contributed by atoms with Crippen LogP contribution in [0.4, 0.5) is 9.59 Å². The van der Waals surface area contributed by atoms with Gasteiger partial charge in [-0.15, -0.1) is 0 Å². The van der Waals surface area contributed by atoms with E-state index >= 15 is 0 Å². The van der Waals surface area contributed by atoms with E-state index in [1.807, 2.05) is 108 Å². The van der Waals surface area contributed by atoms with Crippen molar-refractivity contribution >= 4 is 77.5 Å². The highest BCUT2D eigenvalue weighted by Crippen LogP contribution is 2.42. The molecule has 352 valence electrons. The first-order valence-corrected chi connectivity index (χ1v) is 25.4. The van der Waals surface area contributed by atoms with E-state index in [0.29, 0.717) is 52.4 Å². The summed E-state index contributed by atoms with van der Waals surface area (Å²) in [6, 6.07) is 20.0. The van der Waals surface area contributed by atoms with Crippen LogP contribution in [0, 0.1) is 0 Å². The fourth-order valence-electron chi connectivity index (χ4n) is 8.64. The Morgan fingerprint density at radius 3 is 1.45 bits per heavy atom. The first kappa shape index (κ1) is 49.4. The molecular weight excluding hydrogens is 992 g/mol. The smallest absolute Gasteiger partial charge is 0.410 e. The lowest BCUT2D eigenvalue weighted by molar-refractivity contribution is 0.0109. The first-order chi connectivity index (χ1) is 31.2. The van der Waals surface area contributed by atoms with Crippen molar-refractivity contribution in [2.45, 2.75) is 64.8 Å². The molecule has 2 fully saturated rings. The average Bonchev–Trinajstić information content (AvgIpc) is 3.48. The quantitative estimate of drug-likeness (QED) is 0.184. The molecule has 14 nitrogen and oxygen atoms in total. The van der Waals surface area contributed by atoms with Gasteiger partial charge in [0, 0.05) is 73.7 Å². The van der Waals surface area contributed by atoms with Gasteiger partial charge in [-0.2, -0.15) is 8.42 Å². The van der Waals surface area contributed by atoms with Crippen molar-refractivity contribution in [1.29, 1.82) is 0 Å². The molecular formula is C49H58Br2N6O8S. The molecule has 1 N–H and O–H groups in total. The average molecular weight is 1050 g/mol. The van der Waals surface area contributed by atoms with Gasteiger partial charge in [-0.3, -0.25) is 24.0 Å². The summed E-state index contributed by atoms with van der Waals surface area (Å²) in [4.78, 5) is 42.8. The SMILES string of the molecule is CC(C)(C)OC(=O)N1CCN(C2c3ccccc3C(CO)=Cc3cc(Br)cnc32)CC1.CC(C)(C)OC(=O)N1CCN(C2c3ccccc3C(COS(C)(=O)=O)=Cc3cc(Br)cnc32)CC1. The molecule has 0 spiro atoms. The normalized spacial score (nSPS) is 19.0. The van der Waals surface area contributed by atoms with Gasteiger partial charge in [-0.1, -0.05) is 48.5 Å². The van der Waals surface area contributed by atoms with Crippen LogP contribution < -0.4 is 0 Å². The Balaban J connectivity index is 0.000000198. The number of rotatable bonds is 6. The number of hydrogen-bond acceptors (Lipinski definition) is 12. The minimum absolute atomic E-state index is 0.0396. The van der Waals surface area contributed by atoms with Crippen LogP contribution in [-0.2, 0) is 23.8 Å². The maximum atomic E-state index is 12.6. The Morgan fingerprint density at radius 1 is 0.667 bits per heavy atom. The maximum Gasteiger partial charge on any atom is 0.410 e. The molecule has 0 saturated carbocycles. The molecule has 2 unspecified atom stereocenters. The van der Waals surface area contributed by atoms with Crippen LogP contribution in [0.15, 0.2) is 82.0 Å². The van der Waals surface area contributed by atoms with Crippen molar-refractivity contribution in [2.75, 3.05) is 71.8 Å².